The molecule has 0 amide bonds. The standard InChI is InChI=1S/C24H24O2S4/c1-13-14(2)28-21(27-13)11-17-7-9-20-19(23(17)25-5)10-8-18(24(20)26-6)12-22-29-15(3)16(4)30-22/h7-12H,1-6H3. The van der Waals surface area contributed by atoms with E-state index < -0.39 is 0 Å². The van der Waals surface area contributed by atoms with Gasteiger partial charge in [-0.15, -0.1) is 0 Å². The predicted molar refractivity (Wildman–Crippen MR) is 140 cm³/mol. The van der Waals surface area contributed by atoms with Gasteiger partial charge < -0.3 is 9.47 Å². The van der Waals surface area contributed by atoms with E-state index in [4.69, 9.17) is 9.47 Å². The minimum absolute atomic E-state index is 0.888. The highest BCUT2D eigenvalue weighted by Crippen LogP contribution is 2.51. The summed E-state index contributed by atoms with van der Waals surface area (Å²) in [6.45, 7) is 8.69. The van der Waals surface area contributed by atoms with Crippen molar-refractivity contribution in [2.75, 3.05) is 14.2 Å². The maximum absolute atomic E-state index is 5.86. The summed E-state index contributed by atoms with van der Waals surface area (Å²) >= 11 is 7.31. The van der Waals surface area contributed by atoms with Crippen molar-refractivity contribution in [1.82, 2.24) is 0 Å². The van der Waals surface area contributed by atoms with Crippen LogP contribution in [0.3, 0.4) is 0 Å². The molecule has 30 heavy (non-hydrogen) atoms. The molecule has 0 spiro atoms. The number of benzene rings is 2. The summed E-state index contributed by atoms with van der Waals surface area (Å²) in [4.78, 5) is 5.47. The number of thioether (sulfide) groups is 4. The van der Waals surface area contributed by atoms with Gasteiger partial charge in [0, 0.05) is 30.4 Å². The Labute approximate surface area is 195 Å². The zero-order valence-electron chi connectivity index (χ0n) is 17.9. The fraction of sp³-hybridized carbons (Fsp3) is 0.250. The van der Waals surface area contributed by atoms with E-state index in [1.807, 2.05) is 47.0 Å². The van der Waals surface area contributed by atoms with Crippen molar-refractivity contribution in [3.8, 4) is 11.5 Å². The summed E-state index contributed by atoms with van der Waals surface area (Å²) in [7, 11) is 3.48. The second kappa shape index (κ2) is 9.03. The molecule has 2 aromatic carbocycles. The van der Waals surface area contributed by atoms with E-state index in [0.29, 0.717) is 0 Å². The van der Waals surface area contributed by atoms with Crippen LogP contribution < -0.4 is 9.47 Å². The first kappa shape index (κ1) is 21.9. The van der Waals surface area contributed by atoms with E-state index in [-0.39, 0.29) is 0 Å². The van der Waals surface area contributed by atoms with Crippen LogP contribution in [0.25, 0.3) is 22.9 Å². The van der Waals surface area contributed by atoms with Gasteiger partial charge in [-0.2, -0.15) is 0 Å². The molecule has 6 heteroatoms. The van der Waals surface area contributed by atoms with Gasteiger partial charge >= 0.3 is 0 Å². The van der Waals surface area contributed by atoms with E-state index in [2.05, 4.69) is 64.1 Å². The zero-order valence-corrected chi connectivity index (χ0v) is 21.2. The minimum atomic E-state index is 0.888. The van der Waals surface area contributed by atoms with Crippen LogP contribution in [0.5, 0.6) is 11.5 Å². The molecule has 2 aliphatic rings. The average Bonchev–Trinajstić information content (AvgIpc) is 3.21. The second-order valence-electron chi connectivity index (χ2n) is 7.03. The molecule has 0 N–H and O–H groups in total. The van der Waals surface area contributed by atoms with Crippen LogP contribution in [0.15, 0.2) is 52.4 Å². The first-order valence-electron chi connectivity index (χ1n) is 9.58. The van der Waals surface area contributed by atoms with Gasteiger partial charge in [-0.1, -0.05) is 59.2 Å². The first-order valence-corrected chi connectivity index (χ1v) is 12.8. The van der Waals surface area contributed by atoms with Crippen molar-refractivity contribution in [3.05, 3.63) is 63.5 Å². The van der Waals surface area contributed by atoms with Crippen LogP contribution in [-0.2, 0) is 0 Å². The fourth-order valence-corrected chi connectivity index (χ4v) is 8.23. The number of hydrogen-bond acceptors (Lipinski definition) is 6. The molecule has 0 saturated heterocycles. The lowest BCUT2D eigenvalue weighted by atomic mass is 10.0. The maximum atomic E-state index is 5.86. The highest BCUT2D eigenvalue weighted by atomic mass is 32.2. The zero-order chi connectivity index (χ0) is 21.4. The Morgan fingerprint density at radius 3 is 1.20 bits per heavy atom. The lowest BCUT2D eigenvalue weighted by Crippen LogP contribution is -1.94. The van der Waals surface area contributed by atoms with Gasteiger partial charge in [0.25, 0.3) is 0 Å². The van der Waals surface area contributed by atoms with Crippen LogP contribution in [0.2, 0.25) is 0 Å². The maximum Gasteiger partial charge on any atom is 0.134 e. The lowest BCUT2D eigenvalue weighted by molar-refractivity contribution is 0.414. The normalized spacial score (nSPS) is 16.7. The summed E-state index contributed by atoms with van der Waals surface area (Å²) in [6.07, 6.45) is 4.44. The second-order valence-corrected chi connectivity index (χ2v) is 12.6. The molecular weight excluding hydrogens is 449 g/mol. The third kappa shape index (κ3) is 4.20. The first-order chi connectivity index (χ1) is 14.4. The number of methoxy groups -OCH3 is 2. The van der Waals surface area contributed by atoms with Crippen LogP contribution in [0, 0.1) is 0 Å². The molecule has 2 nitrogen and oxygen atoms in total. The van der Waals surface area contributed by atoms with E-state index >= 15 is 0 Å². The molecular formula is C24H24O2S4. The van der Waals surface area contributed by atoms with E-state index in [9.17, 15) is 0 Å². The van der Waals surface area contributed by atoms with Gasteiger partial charge in [0.1, 0.15) is 11.5 Å². The van der Waals surface area contributed by atoms with Crippen molar-refractivity contribution in [3.63, 3.8) is 0 Å². The molecule has 0 unspecified atom stereocenters. The molecule has 156 valence electrons. The SMILES string of the molecule is COc1c(C=C2SC(C)=C(C)S2)ccc2c(OC)c(C=C3SC(C)=C(C)S3)ccc12. The third-order valence-electron chi connectivity index (χ3n) is 5.12. The number of rotatable bonds is 4. The Morgan fingerprint density at radius 1 is 0.567 bits per heavy atom. The van der Waals surface area contributed by atoms with Crippen molar-refractivity contribution in [2.45, 2.75) is 27.7 Å². The topological polar surface area (TPSA) is 18.5 Å². The summed E-state index contributed by atoms with van der Waals surface area (Å²) < 4.78 is 14.3. The van der Waals surface area contributed by atoms with E-state index in [0.717, 1.165) is 33.4 Å². The Kier molecular flexibility index (Phi) is 6.58. The van der Waals surface area contributed by atoms with Crippen molar-refractivity contribution < 1.29 is 9.47 Å². The van der Waals surface area contributed by atoms with Crippen LogP contribution in [0.1, 0.15) is 38.8 Å². The van der Waals surface area contributed by atoms with Gasteiger partial charge in [-0.05, 0) is 71.6 Å². The van der Waals surface area contributed by atoms with Gasteiger partial charge in [0.2, 0.25) is 0 Å². The third-order valence-corrected chi connectivity index (χ3v) is 10.1. The van der Waals surface area contributed by atoms with Crippen LogP contribution in [-0.4, -0.2) is 14.2 Å². The molecule has 0 aliphatic carbocycles. The quantitative estimate of drug-likeness (QED) is 0.439. The van der Waals surface area contributed by atoms with Crippen molar-refractivity contribution in [1.29, 1.82) is 0 Å². The predicted octanol–water partition coefficient (Wildman–Crippen LogP) is 8.92. The molecule has 4 rings (SSSR count). The number of hydrogen-bond donors (Lipinski definition) is 0. The minimum Gasteiger partial charge on any atom is -0.495 e. The van der Waals surface area contributed by atoms with Gasteiger partial charge in [0.15, 0.2) is 0 Å². The van der Waals surface area contributed by atoms with E-state index in [1.165, 1.54) is 28.1 Å². The number of allylic oxidation sites excluding steroid dienone is 4. The van der Waals surface area contributed by atoms with Gasteiger partial charge in [-0.25, -0.2) is 0 Å². The Balaban J connectivity index is 1.77. The molecule has 0 atom stereocenters. The lowest BCUT2D eigenvalue weighted by Gasteiger charge is -2.14. The molecule has 2 aliphatic heterocycles. The van der Waals surface area contributed by atoms with Gasteiger partial charge in [0.05, 0.1) is 14.2 Å². The molecule has 0 bridgehead atoms. The Hall–Kier alpha value is -1.34. The summed E-state index contributed by atoms with van der Waals surface area (Å²) in [5.41, 5.74) is 2.18. The molecule has 0 fully saturated rings. The summed E-state index contributed by atoms with van der Waals surface area (Å²) in [5.74, 6) is 1.78. The molecule has 0 saturated carbocycles. The monoisotopic (exact) mass is 472 g/mol. The smallest absolute Gasteiger partial charge is 0.134 e. The number of ether oxygens (including phenoxy) is 2. The van der Waals surface area contributed by atoms with Gasteiger partial charge in [-0.3, -0.25) is 0 Å². The summed E-state index contributed by atoms with van der Waals surface area (Å²) in [5, 5.41) is 2.13. The molecule has 2 aromatic rings. The Bertz CT molecular complexity index is 1030. The fourth-order valence-electron chi connectivity index (χ4n) is 3.37. The van der Waals surface area contributed by atoms with Crippen molar-refractivity contribution >= 4 is 70.0 Å². The molecule has 2 heterocycles. The largest absolute Gasteiger partial charge is 0.495 e. The molecule has 0 aromatic heterocycles. The number of fused-ring (bicyclic) bond motifs is 1. The van der Waals surface area contributed by atoms with E-state index in [1.54, 1.807) is 14.2 Å². The highest BCUT2D eigenvalue weighted by molar-refractivity contribution is 8.29. The Morgan fingerprint density at radius 2 is 0.900 bits per heavy atom. The van der Waals surface area contributed by atoms with Crippen molar-refractivity contribution in [2.24, 2.45) is 0 Å². The highest BCUT2D eigenvalue weighted by Gasteiger charge is 2.19. The van der Waals surface area contributed by atoms with Crippen LogP contribution in [0.4, 0.5) is 0 Å². The van der Waals surface area contributed by atoms with Crippen LogP contribution >= 0.6 is 47.0 Å². The summed E-state index contributed by atoms with van der Waals surface area (Å²) in [6, 6.07) is 8.55. The molecule has 0 radical (unpaired) electrons. The average molecular weight is 473 g/mol.